The lowest BCUT2D eigenvalue weighted by atomic mass is 10.2. The van der Waals surface area contributed by atoms with E-state index >= 15 is 0 Å². The van der Waals surface area contributed by atoms with E-state index < -0.39 is 0 Å². The number of rotatable bonds is 6. The Labute approximate surface area is 129 Å². The molecule has 0 atom stereocenters. The quantitative estimate of drug-likeness (QED) is 0.653. The summed E-state index contributed by atoms with van der Waals surface area (Å²) in [6, 6.07) is 11.7. The van der Waals surface area contributed by atoms with Crippen LogP contribution in [0.4, 0.5) is 5.69 Å². The van der Waals surface area contributed by atoms with E-state index in [1.54, 1.807) is 33.1 Å². The second kappa shape index (κ2) is 7.13. The molecule has 0 fully saturated rings. The zero-order chi connectivity index (χ0) is 15.2. The smallest absolute Gasteiger partial charge is 0.203 e. The Morgan fingerprint density at radius 1 is 0.952 bits per heavy atom. The van der Waals surface area contributed by atoms with E-state index in [0.29, 0.717) is 17.2 Å². The van der Waals surface area contributed by atoms with Crippen LogP contribution in [0.15, 0.2) is 41.3 Å². The van der Waals surface area contributed by atoms with Gasteiger partial charge in [-0.1, -0.05) is 12.1 Å². The van der Waals surface area contributed by atoms with Crippen molar-refractivity contribution in [2.75, 3.05) is 27.1 Å². The average Bonchev–Trinajstić information content (AvgIpc) is 2.52. The Balaban J connectivity index is 2.22. The van der Waals surface area contributed by atoms with E-state index in [9.17, 15) is 0 Å². The molecule has 0 aromatic heterocycles. The van der Waals surface area contributed by atoms with Crippen molar-refractivity contribution < 1.29 is 14.2 Å². The van der Waals surface area contributed by atoms with Gasteiger partial charge in [0.1, 0.15) is 0 Å². The summed E-state index contributed by atoms with van der Waals surface area (Å²) in [5, 5.41) is 0. The molecule has 112 valence electrons. The van der Waals surface area contributed by atoms with Crippen LogP contribution < -0.4 is 19.9 Å². The first-order valence-corrected chi connectivity index (χ1v) is 7.44. The summed E-state index contributed by atoms with van der Waals surface area (Å²) in [6.07, 6.45) is 0. The van der Waals surface area contributed by atoms with Gasteiger partial charge < -0.3 is 19.9 Å². The first-order valence-electron chi connectivity index (χ1n) is 6.45. The fraction of sp³-hybridized carbons (Fsp3) is 0.250. The standard InChI is InChI=1S/C16H19NO3S/c1-18-13-8-11(9-14(19-2)16(13)20-3)10-21-15-7-5-4-6-12(15)17/h4-9H,10,17H2,1-3H3. The molecule has 0 amide bonds. The summed E-state index contributed by atoms with van der Waals surface area (Å²) < 4.78 is 16.0. The average molecular weight is 305 g/mol. The molecule has 0 radical (unpaired) electrons. The topological polar surface area (TPSA) is 53.7 Å². The van der Waals surface area contributed by atoms with Crippen molar-refractivity contribution in [1.29, 1.82) is 0 Å². The number of methoxy groups -OCH3 is 3. The third kappa shape index (κ3) is 3.55. The molecular weight excluding hydrogens is 286 g/mol. The molecular formula is C16H19NO3S. The van der Waals surface area contributed by atoms with Crippen molar-refractivity contribution >= 4 is 17.4 Å². The Kier molecular flexibility index (Phi) is 5.22. The van der Waals surface area contributed by atoms with Gasteiger partial charge in [0.2, 0.25) is 5.75 Å². The number of para-hydroxylation sites is 1. The Morgan fingerprint density at radius 2 is 1.57 bits per heavy atom. The highest BCUT2D eigenvalue weighted by atomic mass is 32.2. The predicted octanol–water partition coefficient (Wildman–Crippen LogP) is 3.59. The van der Waals surface area contributed by atoms with Crippen molar-refractivity contribution in [1.82, 2.24) is 0 Å². The highest BCUT2D eigenvalue weighted by molar-refractivity contribution is 7.98. The summed E-state index contributed by atoms with van der Waals surface area (Å²) in [6.45, 7) is 0. The number of anilines is 1. The Hall–Kier alpha value is -2.01. The SMILES string of the molecule is COc1cc(CSc2ccccc2N)cc(OC)c1OC. The van der Waals surface area contributed by atoms with E-state index in [1.165, 1.54) is 0 Å². The summed E-state index contributed by atoms with van der Waals surface area (Å²) >= 11 is 1.68. The molecule has 5 heteroatoms. The van der Waals surface area contributed by atoms with E-state index in [0.717, 1.165) is 21.9 Å². The fourth-order valence-corrected chi connectivity index (χ4v) is 2.89. The first kappa shape index (κ1) is 15.4. The Bertz CT molecular complexity index is 591. The van der Waals surface area contributed by atoms with Gasteiger partial charge in [0.25, 0.3) is 0 Å². The summed E-state index contributed by atoms with van der Waals surface area (Å²) in [5.74, 6) is 2.69. The molecule has 0 heterocycles. The molecule has 0 bridgehead atoms. The van der Waals surface area contributed by atoms with Gasteiger partial charge in [-0.05, 0) is 29.8 Å². The van der Waals surface area contributed by atoms with Crippen LogP contribution in [0.2, 0.25) is 0 Å². The van der Waals surface area contributed by atoms with Gasteiger partial charge in [-0.2, -0.15) is 0 Å². The molecule has 0 aliphatic heterocycles. The van der Waals surface area contributed by atoms with Crippen LogP contribution in [0, 0.1) is 0 Å². The number of hydrogen-bond acceptors (Lipinski definition) is 5. The number of nitrogen functional groups attached to an aromatic ring is 1. The maximum absolute atomic E-state index is 5.95. The summed E-state index contributed by atoms with van der Waals surface area (Å²) in [5.41, 5.74) is 7.82. The maximum Gasteiger partial charge on any atom is 0.203 e. The monoisotopic (exact) mass is 305 g/mol. The molecule has 4 nitrogen and oxygen atoms in total. The first-order chi connectivity index (χ1) is 10.2. The van der Waals surface area contributed by atoms with Crippen molar-refractivity contribution in [2.24, 2.45) is 0 Å². The normalized spacial score (nSPS) is 10.2. The van der Waals surface area contributed by atoms with Crippen molar-refractivity contribution in [3.63, 3.8) is 0 Å². The van der Waals surface area contributed by atoms with Gasteiger partial charge in [0.15, 0.2) is 11.5 Å². The van der Waals surface area contributed by atoms with E-state index in [1.807, 2.05) is 36.4 Å². The maximum atomic E-state index is 5.95. The third-order valence-corrected chi connectivity index (χ3v) is 4.20. The highest BCUT2D eigenvalue weighted by Gasteiger charge is 2.13. The molecule has 0 saturated carbocycles. The molecule has 0 aliphatic carbocycles. The van der Waals surface area contributed by atoms with Gasteiger partial charge >= 0.3 is 0 Å². The minimum absolute atomic E-state index is 0.605. The molecule has 2 N–H and O–H groups in total. The molecule has 2 aromatic carbocycles. The van der Waals surface area contributed by atoms with Crippen LogP contribution in [0.1, 0.15) is 5.56 Å². The number of hydrogen-bond donors (Lipinski definition) is 1. The summed E-state index contributed by atoms with van der Waals surface area (Å²) in [4.78, 5) is 1.06. The summed E-state index contributed by atoms with van der Waals surface area (Å²) in [7, 11) is 4.83. The molecule has 0 spiro atoms. The van der Waals surface area contributed by atoms with E-state index in [2.05, 4.69) is 0 Å². The number of ether oxygens (including phenoxy) is 3. The minimum Gasteiger partial charge on any atom is -0.493 e. The number of benzene rings is 2. The van der Waals surface area contributed by atoms with Gasteiger partial charge in [-0.15, -0.1) is 11.8 Å². The lowest BCUT2D eigenvalue weighted by Gasteiger charge is -2.14. The molecule has 2 aromatic rings. The van der Waals surface area contributed by atoms with E-state index in [-0.39, 0.29) is 0 Å². The van der Waals surface area contributed by atoms with Crippen LogP contribution in [-0.2, 0) is 5.75 Å². The van der Waals surface area contributed by atoms with Crippen LogP contribution >= 0.6 is 11.8 Å². The second-order valence-electron chi connectivity index (χ2n) is 4.36. The van der Waals surface area contributed by atoms with Gasteiger partial charge in [0, 0.05) is 16.3 Å². The zero-order valence-corrected chi connectivity index (χ0v) is 13.2. The molecule has 2 rings (SSSR count). The van der Waals surface area contributed by atoms with Crippen LogP contribution in [0.25, 0.3) is 0 Å². The molecule has 0 unspecified atom stereocenters. The van der Waals surface area contributed by atoms with Gasteiger partial charge in [-0.25, -0.2) is 0 Å². The van der Waals surface area contributed by atoms with Crippen molar-refractivity contribution in [2.45, 2.75) is 10.6 Å². The Morgan fingerprint density at radius 3 is 2.10 bits per heavy atom. The number of nitrogens with two attached hydrogens (primary N) is 1. The van der Waals surface area contributed by atoms with E-state index in [4.69, 9.17) is 19.9 Å². The van der Waals surface area contributed by atoms with Crippen LogP contribution in [0.3, 0.4) is 0 Å². The predicted molar refractivity (Wildman–Crippen MR) is 86.5 cm³/mol. The fourth-order valence-electron chi connectivity index (χ4n) is 1.99. The minimum atomic E-state index is 0.605. The van der Waals surface area contributed by atoms with Gasteiger partial charge in [-0.3, -0.25) is 0 Å². The largest absolute Gasteiger partial charge is 0.493 e. The lowest BCUT2D eigenvalue weighted by molar-refractivity contribution is 0.324. The highest BCUT2D eigenvalue weighted by Crippen LogP contribution is 2.39. The van der Waals surface area contributed by atoms with Crippen LogP contribution in [0.5, 0.6) is 17.2 Å². The van der Waals surface area contributed by atoms with Crippen molar-refractivity contribution in [3.8, 4) is 17.2 Å². The second-order valence-corrected chi connectivity index (χ2v) is 5.38. The molecule has 0 aliphatic rings. The van der Waals surface area contributed by atoms with Crippen molar-refractivity contribution in [3.05, 3.63) is 42.0 Å². The lowest BCUT2D eigenvalue weighted by Crippen LogP contribution is -1.96. The number of thioether (sulfide) groups is 1. The third-order valence-electron chi connectivity index (χ3n) is 3.04. The van der Waals surface area contributed by atoms with Gasteiger partial charge in [0.05, 0.1) is 21.3 Å². The zero-order valence-electron chi connectivity index (χ0n) is 12.4. The van der Waals surface area contributed by atoms with Crippen LogP contribution in [-0.4, -0.2) is 21.3 Å². The molecule has 0 saturated heterocycles. The molecule has 21 heavy (non-hydrogen) atoms.